The van der Waals surface area contributed by atoms with Gasteiger partial charge in [-0.15, -0.1) is 0 Å². The van der Waals surface area contributed by atoms with Crippen LogP contribution in [0, 0.1) is 5.82 Å². The summed E-state index contributed by atoms with van der Waals surface area (Å²) in [6.07, 6.45) is 2.05. The first-order chi connectivity index (χ1) is 11.6. The molecular formula is C16H17BClFN2O4. The number of halogens is 2. The molecule has 3 N–H and O–H groups in total. The maximum atomic E-state index is 14.2. The number of anilines is 1. The topological polar surface area (TPSA) is 91.7 Å². The van der Waals surface area contributed by atoms with Gasteiger partial charge in [-0.25, -0.2) is 9.18 Å². The molecule has 132 valence electrons. The Morgan fingerprint density at radius 3 is 2.56 bits per heavy atom. The molecule has 0 saturated carbocycles. The van der Waals surface area contributed by atoms with Gasteiger partial charge in [-0.2, -0.15) is 0 Å². The van der Waals surface area contributed by atoms with Crippen LogP contribution in [-0.2, 0) is 4.74 Å². The van der Waals surface area contributed by atoms with Crippen molar-refractivity contribution in [1.29, 1.82) is 0 Å². The summed E-state index contributed by atoms with van der Waals surface area (Å²) in [6.45, 7) is 5.14. The molecule has 0 saturated heterocycles. The van der Waals surface area contributed by atoms with Crippen molar-refractivity contribution in [2.24, 2.45) is 0 Å². The number of aromatic nitrogens is 1. The van der Waals surface area contributed by atoms with Crippen LogP contribution >= 0.6 is 11.6 Å². The Bertz CT molecular complexity index is 796. The van der Waals surface area contributed by atoms with Crippen molar-refractivity contribution in [2.75, 3.05) is 5.32 Å². The molecule has 0 radical (unpaired) electrons. The lowest BCUT2D eigenvalue weighted by Crippen LogP contribution is -2.35. The van der Waals surface area contributed by atoms with Crippen molar-refractivity contribution in [3.8, 4) is 11.1 Å². The number of nitrogens with one attached hydrogen (secondary N) is 1. The zero-order valence-corrected chi connectivity index (χ0v) is 14.6. The minimum absolute atomic E-state index is 0.158. The number of pyridine rings is 1. The van der Waals surface area contributed by atoms with Gasteiger partial charge in [0.1, 0.15) is 11.4 Å². The highest BCUT2D eigenvalue weighted by Crippen LogP contribution is 2.29. The van der Waals surface area contributed by atoms with Crippen molar-refractivity contribution in [3.05, 3.63) is 41.4 Å². The number of amides is 1. The van der Waals surface area contributed by atoms with Crippen LogP contribution in [0.4, 0.5) is 14.9 Å². The Kier molecular flexibility index (Phi) is 5.67. The molecule has 2 aromatic rings. The molecular weight excluding hydrogens is 349 g/mol. The van der Waals surface area contributed by atoms with E-state index in [1.54, 1.807) is 20.8 Å². The number of carbonyl (C=O) groups excluding carboxylic acids is 1. The number of nitrogens with zero attached hydrogens (tertiary/aromatic N) is 1. The summed E-state index contributed by atoms with van der Waals surface area (Å²) in [5, 5.41) is 21.3. The Morgan fingerprint density at radius 1 is 1.28 bits per heavy atom. The summed E-state index contributed by atoms with van der Waals surface area (Å²) in [5.41, 5.74) is -0.387. The number of rotatable bonds is 3. The second-order valence-corrected chi connectivity index (χ2v) is 6.65. The molecule has 1 aromatic carbocycles. The van der Waals surface area contributed by atoms with Gasteiger partial charge in [0.25, 0.3) is 0 Å². The van der Waals surface area contributed by atoms with Gasteiger partial charge in [-0.05, 0) is 38.5 Å². The van der Waals surface area contributed by atoms with Crippen LogP contribution in [0.3, 0.4) is 0 Å². The lowest BCUT2D eigenvalue weighted by Gasteiger charge is -2.21. The second kappa shape index (κ2) is 7.39. The average Bonchev–Trinajstić information content (AvgIpc) is 2.48. The maximum Gasteiger partial charge on any atom is 0.492 e. The van der Waals surface area contributed by atoms with Gasteiger partial charge in [0.15, 0.2) is 0 Å². The third-order valence-electron chi connectivity index (χ3n) is 3.14. The lowest BCUT2D eigenvalue weighted by molar-refractivity contribution is 0.0636. The number of ether oxygens (including phenoxy) is 1. The van der Waals surface area contributed by atoms with E-state index in [9.17, 15) is 19.2 Å². The van der Waals surface area contributed by atoms with Gasteiger partial charge < -0.3 is 14.8 Å². The largest absolute Gasteiger partial charge is 0.492 e. The monoisotopic (exact) mass is 366 g/mol. The molecule has 9 heteroatoms. The molecule has 0 spiro atoms. The SMILES string of the molecule is CC(C)(C)OC(=O)Nc1cnccc1-c1ccc(Cl)c(F)c1B(O)O. The predicted octanol–water partition coefficient (Wildman–Crippen LogP) is 2.57. The molecule has 0 bridgehead atoms. The molecule has 1 heterocycles. The van der Waals surface area contributed by atoms with Crippen LogP contribution in [0.5, 0.6) is 0 Å². The van der Waals surface area contributed by atoms with E-state index >= 15 is 0 Å². The lowest BCUT2D eigenvalue weighted by atomic mass is 9.75. The number of carbonyl (C=O) groups is 1. The molecule has 0 aliphatic carbocycles. The summed E-state index contributed by atoms with van der Waals surface area (Å²) < 4.78 is 19.4. The summed E-state index contributed by atoms with van der Waals surface area (Å²) in [5.74, 6) is -0.950. The highest BCUT2D eigenvalue weighted by molar-refractivity contribution is 6.61. The Balaban J connectivity index is 2.49. The Labute approximate surface area is 149 Å². The Hall–Kier alpha value is -2.16. The summed E-state index contributed by atoms with van der Waals surface area (Å²) >= 11 is 5.71. The van der Waals surface area contributed by atoms with Crippen molar-refractivity contribution in [1.82, 2.24) is 4.98 Å². The van der Waals surface area contributed by atoms with Gasteiger partial charge in [0, 0.05) is 17.2 Å². The molecule has 0 fully saturated rings. The molecule has 0 unspecified atom stereocenters. The number of hydrogen-bond acceptors (Lipinski definition) is 5. The highest BCUT2D eigenvalue weighted by atomic mass is 35.5. The molecule has 0 aliphatic heterocycles. The maximum absolute atomic E-state index is 14.2. The van der Waals surface area contributed by atoms with Crippen LogP contribution in [0.25, 0.3) is 11.1 Å². The fourth-order valence-electron chi connectivity index (χ4n) is 2.20. The first-order valence-corrected chi connectivity index (χ1v) is 7.76. The van der Waals surface area contributed by atoms with E-state index in [0.29, 0.717) is 5.56 Å². The van der Waals surface area contributed by atoms with Crippen LogP contribution in [0.1, 0.15) is 20.8 Å². The van der Waals surface area contributed by atoms with Gasteiger partial charge in [-0.3, -0.25) is 10.3 Å². The molecule has 0 aliphatic rings. The zero-order valence-electron chi connectivity index (χ0n) is 13.9. The standard InChI is InChI=1S/C16H17BClFN2O4/c1-16(2,3)25-15(22)21-12-8-20-7-6-9(12)10-4-5-11(18)14(19)13(10)17(23)24/h4-8,23-24H,1-3H3,(H,21,22). The number of benzene rings is 1. The van der Waals surface area contributed by atoms with Gasteiger partial charge in [-0.1, -0.05) is 17.7 Å². The van der Waals surface area contributed by atoms with Gasteiger partial charge in [0.05, 0.1) is 16.9 Å². The molecule has 1 aromatic heterocycles. The van der Waals surface area contributed by atoms with Crippen LogP contribution in [-0.4, -0.2) is 33.8 Å². The smallest absolute Gasteiger partial charge is 0.444 e. The van der Waals surface area contributed by atoms with Crippen molar-refractivity contribution >= 4 is 36.0 Å². The van der Waals surface area contributed by atoms with E-state index in [1.165, 1.54) is 30.6 Å². The summed E-state index contributed by atoms with van der Waals surface area (Å²) in [6, 6.07) is 4.22. The fourth-order valence-corrected chi connectivity index (χ4v) is 2.36. The third kappa shape index (κ3) is 4.69. The summed E-state index contributed by atoms with van der Waals surface area (Å²) in [7, 11) is -2.09. The third-order valence-corrected chi connectivity index (χ3v) is 3.43. The normalized spacial score (nSPS) is 11.2. The van der Waals surface area contributed by atoms with E-state index in [2.05, 4.69) is 10.3 Å². The molecule has 2 rings (SSSR count). The van der Waals surface area contributed by atoms with Crippen LogP contribution < -0.4 is 10.8 Å². The van der Waals surface area contributed by atoms with Crippen LogP contribution in [0.2, 0.25) is 5.02 Å². The summed E-state index contributed by atoms with van der Waals surface area (Å²) in [4.78, 5) is 15.9. The van der Waals surface area contributed by atoms with Crippen molar-refractivity contribution in [2.45, 2.75) is 26.4 Å². The Morgan fingerprint density at radius 2 is 1.96 bits per heavy atom. The molecule has 6 nitrogen and oxygen atoms in total. The van der Waals surface area contributed by atoms with Gasteiger partial charge in [0.2, 0.25) is 0 Å². The van der Waals surface area contributed by atoms with Crippen LogP contribution in [0.15, 0.2) is 30.6 Å². The minimum Gasteiger partial charge on any atom is -0.444 e. The quantitative estimate of drug-likeness (QED) is 0.726. The average molecular weight is 367 g/mol. The van der Waals surface area contributed by atoms with Crippen molar-refractivity contribution in [3.63, 3.8) is 0 Å². The van der Waals surface area contributed by atoms with E-state index in [0.717, 1.165) is 0 Å². The second-order valence-electron chi connectivity index (χ2n) is 6.24. The van der Waals surface area contributed by atoms with E-state index in [1.807, 2.05) is 0 Å². The minimum atomic E-state index is -2.09. The first-order valence-electron chi connectivity index (χ1n) is 7.38. The highest BCUT2D eigenvalue weighted by Gasteiger charge is 2.26. The zero-order chi connectivity index (χ0) is 18.8. The first kappa shape index (κ1) is 19.2. The van der Waals surface area contributed by atoms with E-state index < -0.39 is 30.1 Å². The predicted molar refractivity (Wildman–Crippen MR) is 94.3 cm³/mol. The fraction of sp³-hybridized carbons (Fsp3) is 0.250. The molecule has 25 heavy (non-hydrogen) atoms. The van der Waals surface area contributed by atoms with Crippen molar-refractivity contribution < 1.29 is 24.0 Å². The van der Waals surface area contributed by atoms with E-state index in [-0.39, 0.29) is 16.3 Å². The number of hydrogen-bond donors (Lipinski definition) is 3. The van der Waals surface area contributed by atoms with Gasteiger partial charge >= 0.3 is 13.2 Å². The molecule has 1 amide bonds. The molecule has 0 atom stereocenters. The van der Waals surface area contributed by atoms with E-state index in [4.69, 9.17) is 16.3 Å².